The predicted molar refractivity (Wildman–Crippen MR) is 82.3 cm³/mol. The zero-order valence-electron chi connectivity index (χ0n) is 13.6. The molecule has 122 valence electrons. The summed E-state index contributed by atoms with van der Waals surface area (Å²) in [6, 6.07) is 0.970. The van der Waals surface area contributed by atoms with Gasteiger partial charge in [0, 0.05) is 25.2 Å². The lowest BCUT2D eigenvalue weighted by atomic mass is 9.84. The van der Waals surface area contributed by atoms with Gasteiger partial charge in [0.2, 0.25) is 0 Å². The maximum Gasteiger partial charge on any atom is 0.407 e. The molecular formula is C16H30N2O3. The number of carbonyl (C=O) groups is 1. The van der Waals surface area contributed by atoms with Crippen LogP contribution in [0.4, 0.5) is 4.79 Å². The quantitative estimate of drug-likeness (QED) is 0.837. The molecule has 0 aromatic rings. The van der Waals surface area contributed by atoms with Crippen molar-refractivity contribution in [2.24, 2.45) is 5.92 Å². The molecule has 0 radical (unpaired) electrons. The molecule has 0 spiro atoms. The number of rotatable bonds is 4. The minimum Gasteiger partial charge on any atom is -0.444 e. The molecule has 2 N–H and O–H groups in total. The number of ether oxygens (including phenoxy) is 2. The Labute approximate surface area is 128 Å². The molecule has 1 saturated heterocycles. The number of carbonyl (C=O) groups excluding carboxylic acids is 1. The third-order valence-electron chi connectivity index (χ3n) is 4.20. The van der Waals surface area contributed by atoms with Gasteiger partial charge in [-0.2, -0.15) is 0 Å². The standard InChI is InChI=1S/C16H30N2O3/c1-16(2,3)21-15(19)17-10-12-6-4-5-7-14(12)18-13-8-9-20-11-13/h12-14,18H,4-11H2,1-3H3,(H,17,19). The highest BCUT2D eigenvalue weighted by atomic mass is 16.6. The highest BCUT2D eigenvalue weighted by Gasteiger charge is 2.29. The molecule has 0 aromatic carbocycles. The lowest BCUT2D eigenvalue weighted by Gasteiger charge is -2.34. The summed E-state index contributed by atoms with van der Waals surface area (Å²) in [6.45, 7) is 8.04. The van der Waals surface area contributed by atoms with Crippen molar-refractivity contribution in [2.45, 2.75) is 70.6 Å². The molecule has 1 saturated carbocycles. The van der Waals surface area contributed by atoms with Gasteiger partial charge in [-0.1, -0.05) is 12.8 Å². The van der Waals surface area contributed by atoms with Crippen LogP contribution >= 0.6 is 0 Å². The SMILES string of the molecule is CC(C)(C)OC(=O)NCC1CCCCC1NC1CCOC1. The van der Waals surface area contributed by atoms with Crippen LogP contribution < -0.4 is 10.6 Å². The topological polar surface area (TPSA) is 59.6 Å². The largest absolute Gasteiger partial charge is 0.444 e. The van der Waals surface area contributed by atoms with Gasteiger partial charge >= 0.3 is 6.09 Å². The molecule has 0 bridgehead atoms. The summed E-state index contributed by atoms with van der Waals surface area (Å²) in [4.78, 5) is 11.8. The fourth-order valence-electron chi connectivity index (χ4n) is 3.17. The third kappa shape index (κ3) is 5.83. The van der Waals surface area contributed by atoms with Crippen LogP contribution in [-0.4, -0.2) is 43.5 Å². The summed E-state index contributed by atoms with van der Waals surface area (Å²) in [5.74, 6) is 0.492. The molecule has 3 unspecified atom stereocenters. The van der Waals surface area contributed by atoms with Crippen LogP contribution in [0, 0.1) is 5.92 Å². The Morgan fingerprint density at radius 2 is 2.00 bits per heavy atom. The fraction of sp³-hybridized carbons (Fsp3) is 0.938. The Bertz CT molecular complexity index is 335. The van der Waals surface area contributed by atoms with E-state index in [4.69, 9.17) is 9.47 Å². The van der Waals surface area contributed by atoms with Gasteiger partial charge in [0.25, 0.3) is 0 Å². The van der Waals surface area contributed by atoms with Crippen LogP contribution in [0.25, 0.3) is 0 Å². The molecule has 2 aliphatic rings. The summed E-state index contributed by atoms with van der Waals surface area (Å²) in [6.07, 6.45) is 5.67. The molecule has 1 heterocycles. The average molecular weight is 298 g/mol. The predicted octanol–water partition coefficient (Wildman–Crippen LogP) is 2.45. The molecule has 1 aliphatic heterocycles. The normalized spacial score (nSPS) is 30.1. The Balaban J connectivity index is 1.77. The van der Waals surface area contributed by atoms with Gasteiger partial charge in [-0.05, 0) is 46.0 Å². The third-order valence-corrected chi connectivity index (χ3v) is 4.20. The van der Waals surface area contributed by atoms with Crippen molar-refractivity contribution in [3.8, 4) is 0 Å². The Morgan fingerprint density at radius 1 is 1.24 bits per heavy atom. The van der Waals surface area contributed by atoms with E-state index in [2.05, 4.69) is 10.6 Å². The summed E-state index contributed by atoms with van der Waals surface area (Å²) < 4.78 is 10.7. The highest BCUT2D eigenvalue weighted by molar-refractivity contribution is 5.67. The highest BCUT2D eigenvalue weighted by Crippen LogP contribution is 2.25. The second-order valence-corrected chi connectivity index (χ2v) is 7.26. The van der Waals surface area contributed by atoms with E-state index < -0.39 is 5.60 Å². The van der Waals surface area contributed by atoms with E-state index in [9.17, 15) is 4.79 Å². The number of hydrogen-bond acceptors (Lipinski definition) is 4. The lowest BCUT2D eigenvalue weighted by molar-refractivity contribution is 0.0509. The van der Waals surface area contributed by atoms with Crippen LogP contribution in [0.5, 0.6) is 0 Å². The molecule has 1 amide bonds. The molecule has 0 aromatic heterocycles. The van der Waals surface area contributed by atoms with Crippen molar-refractivity contribution in [3.05, 3.63) is 0 Å². The van der Waals surface area contributed by atoms with E-state index in [1.54, 1.807) is 0 Å². The van der Waals surface area contributed by atoms with Gasteiger partial charge < -0.3 is 20.1 Å². The van der Waals surface area contributed by atoms with E-state index in [1.165, 1.54) is 25.7 Å². The second-order valence-electron chi connectivity index (χ2n) is 7.26. The molecule has 2 rings (SSSR count). The van der Waals surface area contributed by atoms with Crippen LogP contribution in [0.3, 0.4) is 0 Å². The monoisotopic (exact) mass is 298 g/mol. The minimum atomic E-state index is -0.435. The molecule has 5 nitrogen and oxygen atoms in total. The first-order valence-electron chi connectivity index (χ1n) is 8.25. The molecular weight excluding hydrogens is 268 g/mol. The van der Waals surface area contributed by atoms with E-state index >= 15 is 0 Å². The zero-order chi connectivity index (χ0) is 15.3. The number of nitrogens with one attached hydrogen (secondary N) is 2. The second kappa shape index (κ2) is 7.45. The first kappa shape index (κ1) is 16.6. The summed E-state index contributed by atoms with van der Waals surface area (Å²) in [5, 5.41) is 6.65. The Hall–Kier alpha value is -0.810. The van der Waals surface area contributed by atoms with E-state index in [1.807, 2.05) is 20.8 Å². The van der Waals surface area contributed by atoms with Gasteiger partial charge in [0.1, 0.15) is 5.60 Å². The van der Waals surface area contributed by atoms with Gasteiger partial charge in [0.15, 0.2) is 0 Å². The van der Waals surface area contributed by atoms with Gasteiger partial charge in [-0.25, -0.2) is 4.79 Å². The molecule has 5 heteroatoms. The van der Waals surface area contributed by atoms with Crippen molar-refractivity contribution in [1.82, 2.24) is 10.6 Å². The van der Waals surface area contributed by atoms with Crippen LogP contribution in [-0.2, 0) is 9.47 Å². The van der Waals surface area contributed by atoms with Crippen molar-refractivity contribution < 1.29 is 14.3 Å². The number of amides is 1. The van der Waals surface area contributed by atoms with Gasteiger partial charge in [0.05, 0.1) is 6.61 Å². The molecule has 2 fully saturated rings. The van der Waals surface area contributed by atoms with E-state index in [0.29, 0.717) is 24.5 Å². The average Bonchev–Trinajstić information content (AvgIpc) is 2.88. The summed E-state index contributed by atoms with van der Waals surface area (Å²) in [7, 11) is 0. The minimum absolute atomic E-state index is 0.309. The summed E-state index contributed by atoms with van der Waals surface area (Å²) >= 11 is 0. The Kier molecular flexibility index (Phi) is 5.88. The first-order chi connectivity index (χ1) is 9.94. The lowest BCUT2D eigenvalue weighted by Crippen LogP contribution is -2.48. The van der Waals surface area contributed by atoms with E-state index in [-0.39, 0.29) is 6.09 Å². The summed E-state index contributed by atoms with van der Waals surface area (Å²) in [5.41, 5.74) is -0.435. The van der Waals surface area contributed by atoms with Gasteiger partial charge in [-0.3, -0.25) is 0 Å². The van der Waals surface area contributed by atoms with E-state index in [0.717, 1.165) is 19.6 Å². The zero-order valence-corrected chi connectivity index (χ0v) is 13.6. The molecule has 1 aliphatic carbocycles. The maximum absolute atomic E-state index is 11.8. The van der Waals surface area contributed by atoms with Gasteiger partial charge in [-0.15, -0.1) is 0 Å². The molecule has 3 atom stereocenters. The maximum atomic E-state index is 11.8. The number of hydrogen-bond donors (Lipinski definition) is 2. The number of alkyl carbamates (subject to hydrolysis) is 1. The van der Waals surface area contributed by atoms with Crippen molar-refractivity contribution in [3.63, 3.8) is 0 Å². The molecule has 21 heavy (non-hydrogen) atoms. The van der Waals surface area contributed by atoms with Crippen molar-refractivity contribution in [2.75, 3.05) is 19.8 Å². The van der Waals surface area contributed by atoms with Crippen LogP contribution in [0.2, 0.25) is 0 Å². The van der Waals surface area contributed by atoms with Crippen LogP contribution in [0.15, 0.2) is 0 Å². The van der Waals surface area contributed by atoms with Crippen molar-refractivity contribution >= 4 is 6.09 Å². The smallest absolute Gasteiger partial charge is 0.407 e. The van der Waals surface area contributed by atoms with Crippen molar-refractivity contribution in [1.29, 1.82) is 0 Å². The first-order valence-corrected chi connectivity index (χ1v) is 8.25. The fourth-order valence-corrected chi connectivity index (χ4v) is 3.17. The van der Waals surface area contributed by atoms with Crippen LogP contribution in [0.1, 0.15) is 52.9 Å². The Morgan fingerprint density at radius 3 is 2.67 bits per heavy atom.